The van der Waals surface area contributed by atoms with Gasteiger partial charge >= 0.3 is 7.60 Å². The minimum Gasteiger partial charge on any atom is -0.372 e. The van der Waals surface area contributed by atoms with Crippen molar-refractivity contribution in [3.63, 3.8) is 0 Å². The maximum Gasteiger partial charge on any atom is 0.356 e. The summed E-state index contributed by atoms with van der Waals surface area (Å²) in [5.74, 6) is 0. The van der Waals surface area contributed by atoms with E-state index in [1.807, 2.05) is 5.01 Å². The Labute approximate surface area is 232 Å². The predicted octanol–water partition coefficient (Wildman–Crippen LogP) is 6.20. The molecule has 0 saturated heterocycles. The highest BCUT2D eigenvalue weighted by molar-refractivity contribution is 7.60. The second-order valence-corrected chi connectivity index (χ2v) is 11.2. The van der Waals surface area contributed by atoms with Crippen molar-refractivity contribution in [1.82, 2.24) is 0 Å². The normalized spacial score (nSPS) is 15.6. The Morgan fingerprint density at radius 1 is 0.795 bits per heavy atom. The number of nitrogens with zero attached hydrogens (tertiary/aromatic N) is 4. The van der Waals surface area contributed by atoms with Crippen LogP contribution in [0.2, 0.25) is 0 Å². The largest absolute Gasteiger partial charge is 0.372 e. The van der Waals surface area contributed by atoms with Crippen molar-refractivity contribution in [1.29, 1.82) is 0 Å². The van der Waals surface area contributed by atoms with Gasteiger partial charge in [-0.1, -0.05) is 30.3 Å². The van der Waals surface area contributed by atoms with E-state index in [9.17, 15) is 14.4 Å². The van der Waals surface area contributed by atoms with Crippen LogP contribution in [0.25, 0.3) is 6.08 Å². The van der Waals surface area contributed by atoms with Gasteiger partial charge in [0.2, 0.25) is 0 Å². The first kappa shape index (κ1) is 28.6. The fraction of sp³-hybridized carbons (Fsp3) is 0.323. The summed E-state index contributed by atoms with van der Waals surface area (Å²) in [5, 5.41) is 6.90. The molecule has 1 unspecified atom stereocenters. The minimum absolute atomic E-state index is 0.00262. The lowest BCUT2D eigenvalue weighted by molar-refractivity contribution is 0.387. The second-order valence-electron chi connectivity index (χ2n) is 9.58. The van der Waals surface area contributed by atoms with E-state index in [0.717, 1.165) is 55.1 Å². The van der Waals surface area contributed by atoms with Crippen molar-refractivity contribution in [2.45, 2.75) is 40.2 Å². The SMILES string of the molecule is CCN(CC)c1ccc(C=CC2=NN(c3ccc(P(=O)(O)O)cc3)C(c3ccc(N(CC)CC)cc3)C2)cc1. The van der Waals surface area contributed by atoms with Gasteiger partial charge in [0.1, 0.15) is 0 Å². The molecule has 0 spiro atoms. The standard InChI is InChI=1S/C31H39N4O3P/c1-5-33(6-2)27-15-10-24(11-16-27)9-14-26-23-31(25-12-17-28(18-13-25)34(7-3)8-4)35(32-26)29-19-21-30(22-20-29)39(36,37)38/h9-22,31H,5-8,23H2,1-4H3,(H2,36,37,38). The van der Waals surface area contributed by atoms with Crippen molar-refractivity contribution in [2.75, 3.05) is 41.0 Å². The third-order valence-electron chi connectivity index (χ3n) is 7.28. The molecule has 3 aromatic rings. The van der Waals surface area contributed by atoms with E-state index >= 15 is 0 Å². The van der Waals surface area contributed by atoms with Gasteiger partial charge < -0.3 is 19.6 Å². The van der Waals surface area contributed by atoms with Crippen LogP contribution in [0.1, 0.15) is 51.3 Å². The van der Waals surface area contributed by atoms with Gasteiger partial charge in [0.15, 0.2) is 0 Å². The number of hydrogen-bond acceptors (Lipinski definition) is 5. The van der Waals surface area contributed by atoms with Gasteiger partial charge in [-0.05, 0) is 93.4 Å². The zero-order valence-electron chi connectivity index (χ0n) is 23.2. The summed E-state index contributed by atoms with van der Waals surface area (Å²) < 4.78 is 11.7. The highest BCUT2D eigenvalue weighted by Crippen LogP contribution is 2.38. The van der Waals surface area contributed by atoms with E-state index in [-0.39, 0.29) is 11.3 Å². The summed E-state index contributed by atoms with van der Waals surface area (Å²) in [4.78, 5) is 23.7. The van der Waals surface area contributed by atoms with Crippen molar-refractivity contribution in [3.05, 3.63) is 90.0 Å². The number of hydrazone groups is 1. The van der Waals surface area contributed by atoms with E-state index in [4.69, 9.17) is 5.10 Å². The van der Waals surface area contributed by atoms with E-state index in [0.29, 0.717) is 0 Å². The molecule has 0 fully saturated rings. The molecule has 7 nitrogen and oxygen atoms in total. The molecule has 0 radical (unpaired) electrons. The molecule has 1 aliphatic heterocycles. The first-order chi connectivity index (χ1) is 18.8. The summed E-state index contributed by atoms with van der Waals surface area (Å²) in [7, 11) is -4.31. The third kappa shape index (κ3) is 6.80. The van der Waals surface area contributed by atoms with Gasteiger partial charge in [-0.15, -0.1) is 0 Å². The van der Waals surface area contributed by atoms with Crippen LogP contribution in [0.3, 0.4) is 0 Å². The Morgan fingerprint density at radius 3 is 1.79 bits per heavy atom. The predicted molar refractivity (Wildman–Crippen MR) is 164 cm³/mol. The van der Waals surface area contributed by atoms with Gasteiger partial charge in [-0.3, -0.25) is 9.57 Å². The van der Waals surface area contributed by atoms with Crippen LogP contribution < -0.4 is 20.1 Å². The van der Waals surface area contributed by atoms with Gasteiger partial charge in [0.05, 0.1) is 22.7 Å². The van der Waals surface area contributed by atoms with Crippen LogP contribution in [-0.4, -0.2) is 41.7 Å². The van der Waals surface area contributed by atoms with Crippen LogP contribution in [0.15, 0.2) is 84.0 Å². The lowest BCUT2D eigenvalue weighted by Crippen LogP contribution is -2.22. The third-order valence-corrected chi connectivity index (χ3v) is 8.25. The van der Waals surface area contributed by atoms with Gasteiger partial charge in [0, 0.05) is 44.0 Å². The summed E-state index contributed by atoms with van der Waals surface area (Å²) >= 11 is 0. The summed E-state index contributed by atoms with van der Waals surface area (Å²) in [6.07, 6.45) is 4.87. The molecule has 0 bridgehead atoms. The number of hydrogen-bond donors (Lipinski definition) is 2. The van der Waals surface area contributed by atoms with Crippen molar-refractivity contribution < 1.29 is 14.4 Å². The highest BCUT2D eigenvalue weighted by Gasteiger charge is 2.29. The van der Waals surface area contributed by atoms with E-state index in [1.165, 1.54) is 23.5 Å². The van der Waals surface area contributed by atoms with Crippen LogP contribution in [0.4, 0.5) is 17.1 Å². The lowest BCUT2D eigenvalue weighted by atomic mass is 10.00. The maximum atomic E-state index is 11.7. The zero-order chi connectivity index (χ0) is 28.0. The average molecular weight is 547 g/mol. The Bertz CT molecular complexity index is 1320. The first-order valence-corrected chi connectivity index (χ1v) is 15.3. The van der Waals surface area contributed by atoms with Crippen LogP contribution >= 0.6 is 7.60 Å². The average Bonchev–Trinajstić information content (AvgIpc) is 3.38. The van der Waals surface area contributed by atoms with Gasteiger partial charge in [0.25, 0.3) is 0 Å². The number of anilines is 3. The number of benzene rings is 3. The monoisotopic (exact) mass is 546 g/mol. The first-order valence-electron chi connectivity index (χ1n) is 13.7. The molecule has 1 atom stereocenters. The molecule has 0 aromatic heterocycles. The van der Waals surface area contributed by atoms with E-state index in [1.54, 1.807) is 12.1 Å². The molecule has 1 aliphatic rings. The Morgan fingerprint density at radius 2 is 1.31 bits per heavy atom. The quantitative estimate of drug-likeness (QED) is 0.279. The molecule has 1 heterocycles. The van der Waals surface area contributed by atoms with Crippen LogP contribution in [0.5, 0.6) is 0 Å². The second kappa shape index (κ2) is 12.6. The highest BCUT2D eigenvalue weighted by atomic mass is 31.2. The molecule has 0 amide bonds. The van der Waals surface area contributed by atoms with Crippen molar-refractivity contribution in [3.8, 4) is 0 Å². The fourth-order valence-corrected chi connectivity index (χ4v) is 5.54. The zero-order valence-corrected chi connectivity index (χ0v) is 24.1. The maximum absolute atomic E-state index is 11.7. The molecule has 8 heteroatoms. The fourth-order valence-electron chi connectivity index (χ4n) is 5.00. The molecule has 0 saturated carbocycles. The Kier molecular flexibility index (Phi) is 9.28. The number of allylic oxidation sites excluding steroid dienone is 1. The molecule has 206 valence electrons. The minimum atomic E-state index is -4.31. The molecular weight excluding hydrogens is 507 g/mol. The van der Waals surface area contributed by atoms with Crippen LogP contribution in [0, 0.1) is 0 Å². The molecule has 2 N–H and O–H groups in total. The van der Waals surface area contributed by atoms with Gasteiger partial charge in [-0.2, -0.15) is 5.10 Å². The van der Waals surface area contributed by atoms with E-state index < -0.39 is 7.60 Å². The van der Waals surface area contributed by atoms with Gasteiger partial charge in [-0.25, -0.2) is 0 Å². The Balaban J connectivity index is 1.61. The van der Waals surface area contributed by atoms with E-state index in [2.05, 4.69) is 98.2 Å². The molecular formula is C31H39N4O3P. The Hall–Kier alpha value is -3.38. The van der Waals surface area contributed by atoms with Crippen molar-refractivity contribution >= 4 is 41.8 Å². The summed E-state index contributed by atoms with van der Waals surface area (Å²) in [5.41, 5.74) is 6.39. The molecule has 4 rings (SSSR count). The lowest BCUT2D eigenvalue weighted by Gasteiger charge is -2.26. The smallest absolute Gasteiger partial charge is 0.356 e. The topological polar surface area (TPSA) is 79.6 Å². The van der Waals surface area contributed by atoms with Crippen molar-refractivity contribution in [2.24, 2.45) is 5.10 Å². The molecule has 3 aromatic carbocycles. The van der Waals surface area contributed by atoms with Crippen LogP contribution in [-0.2, 0) is 4.57 Å². The summed E-state index contributed by atoms with van der Waals surface area (Å²) in [6.45, 7) is 12.5. The molecule has 0 aliphatic carbocycles. The molecule has 39 heavy (non-hydrogen) atoms. The summed E-state index contributed by atoms with van der Waals surface area (Å²) in [6, 6.07) is 23.6. The number of rotatable bonds is 11.